The van der Waals surface area contributed by atoms with Crippen molar-refractivity contribution in [2.45, 2.75) is 38.8 Å². The minimum Gasteiger partial charge on any atom is -0.355 e. The van der Waals surface area contributed by atoms with Crippen molar-refractivity contribution < 1.29 is 9.59 Å². The molecular weight excluding hydrogens is 420 g/mol. The zero-order valence-electron chi connectivity index (χ0n) is 18.5. The summed E-state index contributed by atoms with van der Waals surface area (Å²) in [4.78, 5) is 27.9. The molecule has 0 spiro atoms. The number of likely N-dealkylation sites (N-methyl/N-ethyl adjacent to an activating group) is 1. The smallest absolute Gasteiger partial charge is 0.242 e. The summed E-state index contributed by atoms with van der Waals surface area (Å²) >= 11 is 6.02. The molecule has 0 aromatic heterocycles. The highest BCUT2D eigenvalue weighted by molar-refractivity contribution is 6.30. The number of amides is 2. The van der Waals surface area contributed by atoms with Gasteiger partial charge in [-0.1, -0.05) is 84.4 Å². The molecule has 1 atom stereocenters. The first-order valence-corrected chi connectivity index (χ1v) is 11.3. The Bertz CT molecular complexity index is 967. The van der Waals surface area contributed by atoms with Crippen LogP contribution in [0.5, 0.6) is 0 Å². The van der Waals surface area contributed by atoms with Gasteiger partial charge >= 0.3 is 0 Å². The summed E-state index contributed by atoms with van der Waals surface area (Å²) in [6.45, 7) is 4.50. The number of benzene rings is 3. The third-order valence-electron chi connectivity index (χ3n) is 5.57. The van der Waals surface area contributed by atoms with Crippen LogP contribution >= 0.6 is 11.6 Å². The fourth-order valence-electron chi connectivity index (χ4n) is 3.78. The van der Waals surface area contributed by atoms with E-state index in [1.165, 1.54) is 0 Å². The zero-order chi connectivity index (χ0) is 22.9. The van der Waals surface area contributed by atoms with Crippen molar-refractivity contribution >= 4 is 23.4 Å². The monoisotopic (exact) mass is 448 g/mol. The largest absolute Gasteiger partial charge is 0.355 e. The maximum absolute atomic E-state index is 13.6. The van der Waals surface area contributed by atoms with Crippen LogP contribution in [-0.4, -0.2) is 29.3 Å². The number of hydrogen-bond acceptors (Lipinski definition) is 2. The Morgan fingerprint density at radius 3 is 1.91 bits per heavy atom. The summed E-state index contributed by atoms with van der Waals surface area (Å²) in [6.07, 6.45) is 0.269. The second-order valence-electron chi connectivity index (χ2n) is 7.80. The van der Waals surface area contributed by atoms with Crippen molar-refractivity contribution in [1.29, 1.82) is 0 Å². The van der Waals surface area contributed by atoms with Crippen LogP contribution in [0.25, 0.3) is 0 Å². The van der Waals surface area contributed by atoms with E-state index < -0.39 is 6.04 Å². The highest BCUT2D eigenvalue weighted by Gasteiger charge is 2.28. The summed E-state index contributed by atoms with van der Waals surface area (Å²) < 4.78 is 0. The molecular formula is C27H29ClN2O2. The van der Waals surface area contributed by atoms with Gasteiger partial charge in [0.2, 0.25) is 11.8 Å². The van der Waals surface area contributed by atoms with Gasteiger partial charge in [0.25, 0.3) is 0 Å². The molecule has 32 heavy (non-hydrogen) atoms. The van der Waals surface area contributed by atoms with E-state index in [1.54, 1.807) is 24.0 Å². The third-order valence-corrected chi connectivity index (χ3v) is 5.82. The van der Waals surface area contributed by atoms with E-state index in [4.69, 9.17) is 11.6 Å². The lowest BCUT2D eigenvalue weighted by Crippen LogP contribution is -2.47. The number of halogens is 1. The minimum absolute atomic E-state index is 0.0728. The van der Waals surface area contributed by atoms with Crippen LogP contribution in [0.2, 0.25) is 5.02 Å². The van der Waals surface area contributed by atoms with Crippen LogP contribution in [0.15, 0.2) is 84.9 Å². The molecule has 4 nitrogen and oxygen atoms in total. The lowest BCUT2D eigenvalue weighted by Gasteiger charge is -2.30. The highest BCUT2D eigenvalue weighted by atomic mass is 35.5. The first-order valence-electron chi connectivity index (χ1n) is 10.9. The van der Waals surface area contributed by atoms with Crippen LogP contribution in [0.1, 0.15) is 42.9 Å². The standard InChI is InChI=1S/C27H29ClN2O2/c1-3-29-27(32)20(2)30(19-21-14-16-24(28)17-15-21)26(31)18-25(22-10-6-4-7-11-22)23-12-8-5-9-13-23/h4-17,20,25H,3,18-19H2,1-2H3,(H,29,32)/t20-/m1/s1. The molecule has 3 aromatic carbocycles. The molecule has 0 bridgehead atoms. The minimum atomic E-state index is -0.592. The van der Waals surface area contributed by atoms with Crippen molar-refractivity contribution in [3.63, 3.8) is 0 Å². The number of carbonyl (C=O) groups excluding carboxylic acids is 2. The van der Waals surface area contributed by atoms with Gasteiger partial charge in [-0.05, 0) is 42.7 Å². The van der Waals surface area contributed by atoms with Crippen LogP contribution in [0.4, 0.5) is 0 Å². The lowest BCUT2D eigenvalue weighted by molar-refractivity contribution is -0.140. The molecule has 0 aliphatic rings. The maximum Gasteiger partial charge on any atom is 0.242 e. The second kappa shape index (κ2) is 11.5. The Hall–Kier alpha value is -3.11. The lowest BCUT2D eigenvalue weighted by atomic mass is 9.88. The van der Waals surface area contributed by atoms with Gasteiger partial charge in [0.05, 0.1) is 0 Å². The number of carbonyl (C=O) groups is 2. The van der Waals surface area contributed by atoms with Gasteiger partial charge in [-0.2, -0.15) is 0 Å². The van der Waals surface area contributed by atoms with Crippen molar-refractivity contribution in [2.75, 3.05) is 6.54 Å². The third kappa shape index (κ3) is 6.21. The zero-order valence-corrected chi connectivity index (χ0v) is 19.3. The SMILES string of the molecule is CCNC(=O)[C@@H](C)N(Cc1ccc(Cl)cc1)C(=O)CC(c1ccccc1)c1ccccc1. The molecule has 0 unspecified atom stereocenters. The van der Waals surface area contributed by atoms with Gasteiger partial charge in [0, 0.05) is 30.5 Å². The van der Waals surface area contributed by atoms with Gasteiger partial charge < -0.3 is 10.2 Å². The first kappa shape index (κ1) is 23.6. The summed E-state index contributed by atoms with van der Waals surface area (Å²) in [5.41, 5.74) is 3.07. The van der Waals surface area contributed by atoms with E-state index in [0.29, 0.717) is 18.1 Å². The molecule has 0 aliphatic carbocycles. The predicted octanol–water partition coefficient (Wildman–Crippen LogP) is 5.42. The summed E-state index contributed by atoms with van der Waals surface area (Å²) in [5, 5.41) is 3.47. The molecule has 0 saturated carbocycles. The van der Waals surface area contributed by atoms with E-state index in [9.17, 15) is 9.59 Å². The van der Waals surface area contributed by atoms with Crippen LogP contribution in [0, 0.1) is 0 Å². The van der Waals surface area contributed by atoms with Crippen LogP contribution in [0.3, 0.4) is 0 Å². The van der Waals surface area contributed by atoms with E-state index in [0.717, 1.165) is 16.7 Å². The van der Waals surface area contributed by atoms with Crippen molar-refractivity contribution in [1.82, 2.24) is 10.2 Å². The van der Waals surface area contributed by atoms with Crippen molar-refractivity contribution in [3.05, 3.63) is 107 Å². The average Bonchev–Trinajstić information content (AvgIpc) is 2.83. The van der Waals surface area contributed by atoms with Gasteiger partial charge in [-0.15, -0.1) is 0 Å². The van der Waals surface area contributed by atoms with Crippen molar-refractivity contribution in [3.8, 4) is 0 Å². The molecule has 166 valence electrons. The molecule has 3 rings (SSSR count). The fourth-order valence-corrected chi connectivity index (χ4v) is 3.91. The quantitative estimate of drug-likeness (QED) is 0.475. The summed E-state index contributed by atoms with van der Waals surface area (Å²) in [5.74, 6) is -0.332. The summed E-state index contributed by atoms with van der Waals surface area (Å²) in [6, 6.07) is 26.8. The number of hydrogen-bond donors (Lipinski definition) is 1. The van der Waals surface area contributed by atoms with E-state index in [1.807, 2.05) is 79.7 Å². The van der Waals surface area contributed by atoms with Gasteiger partial charge in [-0.25, -0.2) is 0 Å². The molecule has 2 amide bonds. The average molecular weight is 449 g/mol. The van der Waals surface area contributed by atoms with Gasteiger partial charge in [0.1, 0.15) is 6.04 Å². The number of rotatable bonds is 9. The Labute approximate surface area is 195 Å². The second-order valence-corrected chi connectivity index (χ2v) is 8.23. The Morgan fingerprint density at radius 2 is 1.41 bits per heavy atom. The highest BCUT2D eigenvalue weighted by Crippen LogP contribution is 2.29. The molecule has 0 heterocycles. The van der Waals surface area contributed by atoms with E-state index in [2.05, 4.69) is 5.32 Å². The molecule has 1 N–H and O–H groups in total. The first-order chi connectivity index (χ1) is 15.5. The fraction of sp³-hybridized carbons (Fsp3) is 0.259. The Kier molecular flexibility index (Phi) is 8.46. The topological polar surface area (TPSA) is 49.4 Å². The maximum atomic E-state index is 13.6. The van der Waals surface area contributed by atoms with E-state index >= 15 is 0 Å². The molecule has 0 fully saturated rings. The van der Waals surface area contributed by atoms with Crippen LogP contribution in [-0.2, 0) is 16.1 Å². The normalized spacial score (nSPS) is 11.8. The Morgan fingerprint density at radius 1 is 0.875 bits per heavy atom. The molecule has 5 heteroatoms. The van der Waals surface area contributed by atoms with Crippen molar-refractivity contribution in [2.24, 2.45) is 0 Å². The number of nitrogens with zero attached hydrogens (tertiary/aromatic N) is 1. The van der Waals surface area contributed by atoms with Crippen LogP contribution < -0.4 is 5.32 Å². The molecule has 0 aliphatic heterocycles. The summed E-state index contributed by atoms with van der Waals surface area (Å²) in [7, 11) is 0. The molecule has 0 radical (unpaired) electrons. The van der Waals surface area contributed by atoms with Gasteiger partial charge in [0.15, 0.2) is 0 Å². The molecule has 3 aromatic rings. The predicted molar refractivity (Wildman–Crippen MR) is 129 cm³/mol. The van der Waals surface area contributed by atoms with Gasteiger partial charge in [-0.3, -0.25) is 9.59 Å². The molecule has 0 saturated heterocycles. The Balaban J connectivity index is 1.90. The van der Waals surface area contributed by atoms with E-state index in [-0.39, 0.29) is 24.2 Å². The number of nitrogens with one attached hydrogen (secondary N) is 1.